The van der Waals surface area contributed by atoms with Crippen molar-refractivity contribution in [2.75, 3.05) is 0 Å². The van der Waals surface area contributed by atoms with Gasteiger partial charge in [-0.15, -0.1) is 0 Å². The summed E-state index contributed by atoms with van der Waals surface area (Å²) in [6, 6.07) is 18.1. The maximum Gasteiger partial charge on any atom is -1.00 e. The molecule has 0 nitrogen and oxygen atoms in total. The Morgan fingerprint density at radius 2 is 1.17 bits per heavy atom. The summed E-state index contributed by atoms with van der Waals surface area (Å²) in [4.78, 5) is 0. The summed E-state index contributed by atoms with van der Waals surface area (Å²) in [6.45, 7) is 5.13. The summed E-state index contributed by atoms with van der Waals surface area (Å²) in [6.07, 6.45) is 9.83. The zero-order valence-corrected chi connectivity index (χ0v) is 19.6. The van der Waals surface area contributed by atoms with E-state index in [-0.39, 0.29) is 22.5 Å². The number of hydrogen-bond donors (Lipinski definition) is 0. The van der Waals surface area contributed by atoms with Gasteiger partial charge in [-0.2, -0.15) is 0 Å². The van der Waals surface area contributed by atoms with Crippen molar-refractivity contribution in [3.8, 4) is 0 Å². The Morgan fingerprint density at radius 1 is 0.739 bits per heavy atom. The summed E-state index contributed by atoms with van der Waals surface area (Å²) >= 11 is -1.85. The van der Waals surface area contributed by atoms with Gasteiger partial charge in [0.2, 0.25) is 0 Å². The van der Waals surface area contributed by atoms with Crippen LogP contribution in [-0.2, 0) is 20.1 Å². The Bertz CT molecular complexity index is 768. The Labute approximate surface area is 157 Å². The van der Waals surface area contributed by atoms with Crippen LogP contribution < -0.4 is 17.0 Å². The molecule has 0 spiro atoms. The molecule has 3 heteroatoms. The third kappa shape index (κ3) is 3.08. The van der Waals surface area contributed by atoms with E-state index in [0.29, 0.717) is 0 Å². The molecular formula is C20H20BrHfSi. The Morgan fingerprint density at radius 3 is 1.61 bits per heavy atom. The van der Waals surface area contributed by atoms with E-state index in [0.717, 1.165) is 7.35 Å². The van der Waals surface area contributed by atoms with Gasteiger partial charge < -0.3 is 17.0 Å². The first-order valence-electron chi connectivity index (χ1n) is 7.97. The first-order valence-corrected chi connectivity index (χ1v) is 20.0. The standard InChI is InChI=1S/2C9H7.C2H6Si.BrH.Hf/c2*1-2-5-9-7-3-6-8(9)4-1;1-3-2;;/h2*1-7H;1-2H3;1H;/q;;;;+1/p-1. The minimum atomic E-state index is -1.85. The third-order valence-electron chi connectivity index (χ3n) is 4.85. The van der Waals surface area contributed by atoms with Gasteiger partial charge in [0, 0.05) is 0 Å². The van der Waals surface area contributed by atoms with E-state index >= 15 is 0 Å². The molecule has 2 unspecified atom stereocenters. The summed E-state index contributed by atoms with van der Waals surface area (Å²) in [5.74, 6) is 0. The fourth-order valence-corrected chi connectivity index (χ4v) is 30.5. The fraction of sp³-hybridized carbons (Fsp3) is 0.200. The first-order chi connectivity index (χ1) is 10.8. The predicted octanol–water partition coefficient (Wildman–Crippen LogP) is 2.40. The van der Waals surface area contributed by atoms with E-state index in [9.17, 15) is 0 Å². The number of rotatable bonds is 2. The van der Waals surface area contributed by atoms with Gasteiger partial charge in [0.05, 0.1) is 0 Å². The van der Waals surface area contributed by atoms with Crippen LogP contribution in [0.2, 0.25) is 13.1 Å². The number of fused-ring (bicyclic) bond motifs is 2. The second-order valence-corrected chi connectivity index (χ2v) is 31.6. The summed E-state index contributed by atoms with van der Waals surface area (Å²) in [5, 5.41) is 0. The van der Waals surface area contributed by atoms with Crippen LogP contribution in [0.1, 0.15) is 29.6 Å². The van der Waals surface area contributed by atoms with E-state index in [1.54, 1.807) is 11.1 Å². The maximum absolute atomic E-state index is 2.57. The van der Waals surface area contributed by atoms with Crippen molar-refractivity contribution in [3.05, 3.63) is 82.9 Å². The van der Waals surface area contributed by atoms with Gasteiger partial charge in [-0.05, 0) is 0 Å². The van der Waals surface area contributed by atoms with Gasteiger partial charge in [0.25, 0.3) is 0 Å². The average Bonchev–Trinajstić information content (AvgIpc) is 3.13. The SMILES string of the molecule is C[Si](C)=[Hf+]([CH]1C=Cc2ccccc21)[CH]1C=Cc2ccccc21.[Br-]. The molecule has 4 rings (SSSR count). The van der Waals surface area contributed by atoms with Crippen molar-refractivity contribution in [2.45, 2.75) is 20.4 Å². The van der Waals surface area contributed by atoms with Crippen molar-refractivity contribution in [2.24, 2.45) is 0 Å². The largest absolute Gasteiger partial charge is 1.00 e. The smallest absolute Gasteiger partial charge is 1.00 e. The van der Waals surface area contributed by atoms with Gasteiger partial charge in [-0.3, -0.25) is 0 Å². The van der Waals surface area contributed by atoms with E-state index < -0.39 is 20.1 Å². The molecule has 0 saturated carbocycles. The molecular weight excluding hydrogens is 527 g/mol. The van der Waals surface area contributed by atoms with Crippen LogP contribution in [0.15, 0.2) is 60.7 Å². The molecule has 23 heavy (non-hydrogen) atoms. The minimum Gasteiger partial charge on any atom is -1.00 e. The molecule has 0 aromatic heterocycles. The Balaban J connectivity index is 0.00000156. The predicted molar refractivity (Wildman–Crippen MR) is 93.9 cm³/mol. The molecule has 0 saturated heterocycles. The molecule has 2 atom stereocenters. The van der Waals surface area contributed by atoms with Crippen molar-refractivity contribution in [1.82, 2.24) is 0 Å². The minimum absolute atomic E-state index is 0. The molecule has 0 N–H and O–H groups in total. The number of halogens is 1. The molecule has 0 bridgehead atoms. The summed E-state index contributed by atoms with van der Waals surface area (Å²) in [7, 11) is 0. The zero-order valence-electron chi connectivity index (χ0n) is 13.5. The quantitative estimate of drug-likeness (QED) is 0.508. The number of benzene rings is 2. The normalized spacial score (nSPS) is 19.9. The van der Waals surface area contributed by atoms with Crippen molar-refractivity contribution in [3.63, 3.8) is 0 Å². The van der Waals surface area contributed by atoms with Crippen LogP contribution in [0, 0.1) is 0 Å². The van der Waals surface area contributed by atoms with Gasteiger partial charge >= 0.3 is 141 Å². The van der Waals surface area contributed by atoms with E-state index in [2.05, 4.69) is 85.9 Å². The molecule has 0 fully saturated rings. The van der Waals surface area contributed by atoms with E-state index in [1.807, 2.05) is 0 Å². The molecule has 2 aliphatic carbocycles. The van der Waals surface area contributed by atoms with E-state index in [4.69, 9.17) is 0 Å². The molecule has 2 aromatic carbocycles. The molecule has 0 amide bonds. The van der Waals surface area contributed by atoms with Crippen LogP contribution >= 0.6 is 0 Å². The van der Waals surface area contributed by atoms with Crippen LogP contribution in [0.5, 0.6) is 0 Å². The second-order valence-electron chi connectivity index (χ2n) is 6.39. The molecule has 0 heterocycles. The van der Waals surface area contributed by atoms with Crippen molar-refractivity contribution < 1.29 is 37.0 Å². The van der Waals surface area contributed by atoms with Gasteiger partial charge in [0.1, 0.15) is 0 Å². The topological polar surface area (TPSA) is 0 Å². The molecule has 0 radical (unpaired) electrons. The molecule has 2 aliphatic rings. The van der Waals surface area contributed by atoms with E-state index in [1.165, 1.54) is 11.1 Å². The van der Waals surface area contributed by atoms with Crippen LogP contribution in [0.3, 0.4) is 0 Å². The second kappa shape index (κ2) is 7.16. The van der Waals surface area contributed by atoms with Crippen LogP contribution in [0.25, 0.3) is 12.2 Å². The zero-order chi connectivity index (χ0) is 15.1. The number of hydrogen-bond acceptors (Lipinski definition) is 0. The molecule has 115 valence electrons. The number of allylic oxidation sites excluding steroid dienone is 2. The fourth-order valence-electron chi connectivity index (χ4n) is 3.86. The molecule has 2 aromatic rings. The van der Waals surface area contributed by atoms with Crippen molar-refractivity contribution >= 4 is 17.6 Å². The van der Waals surface area contributed by atoms with Gasteiger partial charge in [-0.1, -0.05) is 0 Å². The Hall–Kier alpha value is -0.513. The average molecular weight is 547 g/mol. The third-order valence-corrected chi connectivity index (χ3v) is 32.0. The van der Waals surface area contributed by atoms with Crippen molar-refractivity contribution in [1.29, 1.82) is 0 Å². The van der Waals surface area contributed by atoms with Gasteiger partial charge in [0.15, 0.2) is 0 Å². The first kappa shape index (κ1) is 17.3. The molecule has 0 aliphatic heterocycles. The van der Waals surface area contributed by atoms with Gasteiger partial charge in [-0.25, -0.2) is 0 Å². The van der Waals surface area contributed by atoms with Crippen LogP contribution in [0.4, 0.5) is 0 Å². The Kier molecular flexibility index (Phi) is 5.39. The maximum atomic E-state index is 2.57. The summed E-state index contributed by atoms with van der Waals surface area (Å²) < 4.78 is 1.57. The monoisotopic (exact) mass is 547 g/mol. The summed E-state index contributed by atoms with van der Waals surface area (Å²) in [5.41, 5.74) is 5.96. The van der Waals surface area contributed by atoms with Crippen LogP contribution in [-0.4, -0.2) is 5.49 Å².